The number of hydrogen-bond acceptors (Lipinski definition) is 4. The van der Waals surface area contributed by atoms with Crippen LogP contribution in [0.2, 0.25) is 0 Å². The summed E-state index contributed by atoms with van der Waals surface area (Å²) in [6, 6.07) is 0. The monoisotopic (exact) mass is 271 g/mol. The third kappa shape index (κ3) is 8.18. The van der Waals surface area contributed by atoms with E-state index in [9.17, 15) is 4.79 Å². The summed E-state index contributed by atoms with van der Waals surface area (Å²) in [5.41, 5.74) is 0. The van der Waals surface area contributed by atoms with Crippen molar-refractivity contribution in [3.63, 3.8) is 0 Å². The van der Waals surface area contributed by atoms with Gasteiger partial charge in [0.1, 0.15) is 0 Å². The number of nitrogens with one attached hydrogen (secondary N) is 1. The second-order valence-corrected chi connectivity index (χ2v) is 5.60. The summed E-state index contributed by atoms with van der Waals surface area (Å²) < 4.78 is 5.08. The Bertz CT molecular complexity index is 255. The molecular weight excluding hydrogens is 242 g/mol. The fourth-order valence-electron chi connectivity index (χ4n) is 1.96. The highest BCUT2D eigenvalue weighted by Crippen LogP contribution is 2.27. The van der Waals surface area contributed by atoms with Gasteiger partial charge in [0.05, 0.1) is 13.2 Å². The minimum atomic E-state index is 0.191. The highest BCUT2D eigenvalue weighted by molar-refractivity contribution is 5.78. The number of rotatable bonds is 11. The van der Waals surface area contributed by atoms with E-state index in [4.69, 9.17) is 4.74 Å². The van der Waals surface area contributed by atoms with Crippen LogP contribution in [-0.2, 0) is 9.53 Å². The summed E-state index contributed by atoms with van der Waals surface area (Å²) in [5, 5.41) is 3.26. The Hall–Kier alpha value is -0.650. The Morgan fingerprint density at radius 3 is 2.58 bits per heavy atom. The first-order valence-electron chi connectivity index (χ1n) is 7.25. The molecule has 0 spiro atoms. The molecule has 19 heavy (non-hydrogen) atoms. The van der Waals surface area contributed by atoms with E-state index in [2.05, 4.69) is 24.3 Å². The van der Waals surface area contributed by atoms with Gasteiger partial charge in [0.2, 0.25) is 5.91 Å². The molecule has 0 atom stereocenters. The molecule has 0 unspecified atom stereocenters. The highest BCUT2D eigenvalue weighted by Gasteiger charge is 2.21. The summed E-state index contributed by atoms with van der Waals surface area (Å²) in [6.45, 7) is 4.56. The lowest BCUT2D eigenvalue weighted by Gasteiger charge is -2.23. The fourth-order valence-corrected chi connectivity index (χ4v) is 1.96. The van der Waals surface area contributed by atoms with Crippen molar-refractivity contribution in [2.24, 2.45) is 5.92 Å². The van der Waals surface area contributed by atoms with E-state index < -0.39 is 0 Å². The molecule has 1 aliphatic rings. The minimum Gasteiger partial charge on any atom is -0.383 e. The largest absolute Gasteiger partial charge is 0.383 e. The first kappa shape index (κ1) is 16.4. The second-order valence-electron chi connectivity index (χ2n) is 5.60. The van der Waals surface area contributed by atoms with Gasteiger partial charge in [-0.3, -0.25) is 4.79 Å². The molecule has 1 N–H and O–H groups in total. The van der Waals surface area contributed by atoms with Crippen LogP contribution < -0.4 is 5.32 Å². The van der Waals surface area contributed by atoms with E-state index >= 15 is 0 Å². The standard InChI is InChI=1S/C14H29N3O2/c1-16(2)7-4-8-17(9-10-19-3)14(18)12-15-11-13-5-6-13/h13,15H,4-12H2,1-3H3. The second kappa shape index (κ2) is 9.28. The third-order valence-corrected chi connectivity index (χ3v) is 3.36. The van der Waals surface area contributed by atoms with E-state index in [0.717, 1.165) is 32.0 Å². The van der Waals surface area contributed by atoms with Gasteiger partial charge in [-0.1, -0.05) is 0 Å². The quantitative estimate of drug-likeness (QED) is 0.591. The zero-order chi connectivity index (χ0) is 14.1. The number of methoxy groups -OCH3 is 1. The zero-order valence-corrected chi connectivity index (χ0v) is 12.7. The van der Waals surface area contributed by atoms with Crippen molar-refractivity contribution in [2.45, 2.75) is 19.3 Å². The van der Waals surface area contributed by atoms with Gasteiger partial charge in [0.25, 0.3) is 0 Å². The van der Waals surface area contributed by atoms with Gasteiger partial charge in [-0.2, -0.15) is 0 Å². The number of nitrogens with zero attached hydrogens (tertiary/aromatic N) is 2. The van der Waals surface area contributed by atoms with Gasteiger partial charge < -0.3 is 19.9 Å². The smallest absolute Gasteiger partial charge is 0.236 e. The molecular formula is C14H29N3O2. The summed E-state index contributed by atoms with van der Waals surface area (Å²) >= 11 is 0. The van der Waals surface area contributed by atoms with Crippen molar-refractivity contribution in [3.05, 3.63) is 0 Å². The van der Waals surface area contributed by atoms with Crippen molar-refractivity contribution >= 4 is 5.91 Å². The molecule has 1 fully saturated rings. The molecule has 1 amide bonds. The number of carbonyl (C=O) groups excluding carboxylic acids is 1. The van der Waals surface area contributed by atoms with Gasteiger partial charge in [0, 0.05) is 20.2 Å². The van der Waals surface area contributed by atoms with Crippen molar-refractivity contribution < 1.29 is 9.53 Å². The SMILES string of the molecule is COCCN(CCCN(C)C)C(=O)CNCC1CC1. The van der Waals surface area contributed by atoms with E-state index in [1.54, 1.807) is 7.11 Å². The number of hydrogen-bond donors (Lipinski definition) is 1. The van der Waals surface area contributed by atoms with Crippen LogP contribution in [0.3, 0.4) is 0 Å². The van der Waals surface area contributed by atoms with E-state index in [0.29, 0.717) is 19.7 Å². The van der Waals surface area contributed by atoms with E-state index in [1.165, 1.54) is 12.8 Å². The van der Waals surface area contributed by atoms with Crippen molar-refractivity contribution in [1.82, 2.24) is 15.1 Å². The van der Waals surface area contributed by atoms with Crippen LogP contribution >= 0.6 is 0 Å². The molecule has 0 saturated heterocycles. The van der Waals surface area contributed by atoms with Crippen molar-refractivity contribution in [1.29, 1.82) is 0 Å². The van der Waals surface area contributed by atoms with Gasteiger partial charge in [0.15, 0.2) is 0 Å². The van der Waals surface area contributed by atoms with Gasteiger partial charge in [-0.05, 0) is 52.4 Å². The number of carbonyl (C=O) groups is 1. The maximum Gasteiger partial charge on any atom is 0.236 e. The Labute approximate surface area is 117 Å². The maximum atomic E-state index is 12.1. The van der Waals surface area contributed by atoms with Crippen molar-refractivity contribution in [2.75, 3.05) is 60.5 Å². The molecule has 1 aliphatic carbocycles. The molecule has 0 heterocycles. The summed E-state index contributed by atoms with van der Waals surface area (Å²) in [6.07, 6.45) is 3.64. The van der Waals surface area contributed by atoms with Crippen molar-refractivity contribution in [3.8, 4) is 0 Å². The average molecular weight is 271 g/mol. The highest BCUT2D eigenvalue weighted by atomic mass is 16.5. The summed E-state index contributed by atoms with van der Waals surface area (Å²) in [7, 11) is 5.78. The summed E-state index contributed by atoms with van der Waals surface area (Å²) in [4.78, 5) is 16.2. The van der Waals surface area contributed by atoms with E-state index in [-0.39, 0.29) is 5.91 Å². The van der Waals surface area contributed by atoms with Crippen LogP contribution in [0.4, 0.5) is 0 Å². The third-order valence-electron chi connectivity index (χ3n) is 3.36. The van der Waals surface area contributed by atoms with Crippen LogP contribution in [0.15, 0.2) is 0 Å². The zero-order valence-electron chi connectivity index (χ0n) is 12.7. The molecule has 5 nitrogen and oxygen atoms in total. The Morgan fingerprint density at radius 1 is 1.26 bits per heavy atom. The molecule has 0 aliphatic heterocycles. The molecule has 5 heteroatoms. The predicted molar refractivity (Wildman–Crippen MR) is 77.2 cm³/mol. The molecule has 112 valence electrons. The normalized spacial score (nSPS) is 14.9. The summed E-state index contributed by atoms with van der Waals surface area (Å²) in [5.74, 6) is 1.01. The average Bonchev–Trinajstić information content (AvgIpc) is 3.17. The Balaban J connectivity index is 2.21. The lowest BCUT2D eigenvalue weighted by Crippen LogP contribution is -2.41. The fraction of sp³-hybridized carbons (Fsp3) is 0.929. The maximum absolute atomic E-state index is 12.1. The topological polar surface area (TPSA) is 44.8 Å². The molecule has 0 aromatic heterocycles. The van der Waals surface area contributed by atoms with Crippen LogP contribution in [0.1, 0.15) is 19.3 Å². The molecule has 1 saturated carbocycles. The van der Waals surface area contributed by atoms with Gasteiger partial charge in [-0.15, -0.1) is 0 Å². The molecule has 0 aromatic carbocycles. The van der Waals surface area contributed by atoms with Crippen LogP contribution in [-0.4, -0.2) is 76.2 Å². The predicted octanol–water partition coefficient (Wildman–Crippen LogP) is 0.413. The van der Waals surface area contributed by atoms with Crippen LogP contribution in [0.5, 0.6) is 0 Å². The molecule has 0 radical (unpaired) electrons. The van der Waals surface area contributed by atoms with Crippen LogP contribution in [0.25, 0.3) is 0 Å². The molecule has 1 rings (SSSR count). The molecule has 0 bridgehead atoms. The first-order valence-corrected chi connectivity index (χ1v) is 7.25. The number of ether oxygens (including phenoxy) is 1. The van der Waals surface area contributed by atoms with Crippen LogP contribution in [0, 0.1) is 5.92 Å². The van der Waals surface area contributed by atoms with Gasteiger partial charge >= 0.3 is 0 Å². The lowest BCUT2D eigenvalue weighted by atomic mass is 10.3. The van der Waals surface area contributed by atoms with Gasteiger partial charge in [-0.25, -0.2) is 0 Å². The van der Waals surface area contributed by atoms with E-state index in [1.807, 2.05) is 4.90 Å². The number of amides is 1. The molecule has 0 aromatic rings. The first-order chi connectivity index (χ1) is 9.13. The Morgan fingerprint density at radius 2 is 2.00 bits per heavy atom. The minimum absolute atomic E-state index is 0.191. The lowest BCUT2D eigenvalue weighted by molar-refractivity contribution is -0.131. The Kier molecular flexibility index (Phi) is 8.02.